The fraction of sp³-hybridized carbons (Fsp3) is 0.100. The van der Waals surface area contributed by atoms with E-state index in [2.05, 4.69) is 194 Å². The first kappa shape index (κ1) is 26.5. The van der Waals surface area contributed by atoms with Crippen molar-refractivity contribution in [1.82, 2.24) is 4.90 Å². The third-order valence-electron chi connectivity index (χ3n) is 8.28. The zero-order chi connectivity index (χ0) is 28.0. The maximum atomic E-state index is 2.72. The summed E-state index contributed by atoms with van der Waals surface area (Å²) in [6.07, 6.45) is 0. The van der Waals surface area contributed by atoms with Gasteiger partial charge in [0.1, 0.15) is 0 Å². The lowest BCUT2D eigenvalue weighted by atomic mass is 9.68. The monoisotopic (exact) mass is 529 g/mol. The Balaban J connectivity index is 1.84. The molecule has 0 saturated heterocycles. The number of hydrogen-bond acceptors (Lipinski definition) is 1. The Labute approximate surface area is 244 Å². The van der Waals surface area contributed by atoms with Crippen LogP contribution in [0.3, 0.4) is 0 Å². The van der Waals surface area contributed by atoms with Crippen LogP contribution in [0.15, 0.2) is 182 Å². The minimum absolute atomic E-state index is 0.625. The molecule has 0 saturated carbocycles. The maximum Gasteiger partial charge on any atom is 0.0985 e. The smallest absolute Gasteiger partial charge is 0.0985 e. The van der Waals surface area contributed by atoms with E-state index in [4.69, 9.17) is 0 Å². The quantitative estimate of drug-likeness (QED) is 0.169. The van der Waals surface area contributed by atoms with Crippen LogP contribution in [0.4, 0.5) is 0 Å². The highest BCUT2D eigenvalue weighted by Gasteiger charge is 2.53. The molecule has 0 fully saturated rings. The molecule has 0 amide bonds. The normalized spacial score (nSPS) is 11.9. The summed E-state index contributed by atoms with van der Waals surface area (Å²) >= 11 is 0. The second-order valence-corrected chi connectivity index (χ2v) is 10.4. The van der Waals surface area contributed by atoms with E-state index < -0.39 is 11.1 Å². The Morgan fingerprint density at radius 2 is 0.488 bits per heavy atom. The van der Waals surface area contributed by atoms with Crippen molar-refractivity contribution in [2.45, 2.75) is 18.0 Å². The largest absolute Gasteiger partial charge is 0.269 e. The molecule has 6 rings (SSSR count). The Morgan fingerprint density at radius 3 is 0.634 bits per heavy atom. The van der Waals surface area contributed by atoms with Crippen LogP contribution in [-0.2, 0) is 11.1 Å². The fourth-order valence-corrected chi connectivity index (χ4v) is 6.74. The van der Waals surface area contributed by atoms with Crippen LogP contribution in [0.1, 0.15) is 40.3 Å². The van der Waals surface area contributed by atoms with Gasteiger partial charge in [-0.1, -0.05) is 189 Å². The average Bonchev–Trinajstić information content (AvgIpc) is 3.07. The molecule has 1 nitrogen and oxygen atoms in total. The summed E-state index contributed by atoms with van der Waals surface area (Å²) in [5.41, 5.74) is 6.12. The molecule has 0 aliphatic carbocycles. The molecule has 0 aliphatic heterocycles. The highest BCUT2D eigenvalue weighted by Crippen LogP contribution is 2.53. The summed E-state index contributed by atoms with van der Waals surface area (Å²) in [6.45, 7) is 3.07. The van der Waals surface area contributed by atoms with E-state index in [9.17, 15) is 0 Å². The topological polar surface area (TPSA) is 3.24 Å². The molecule has 6 aromatic carbocycles. The lowest BCUT2D eigenvalue weighted by molar-refractivity contribution is 0.0719. The van der Waals surface area contributed by atoms with Crippen molar-refractivity contribution in [2.24, 2.45) is 0 Å². The van der Waals surface area contributed by atoms with Gasteiger partial charge in [0.05, 0.1) is 11.1 Å². The number of rotatable bonds is 9. The van der Waals surface area contributed by atoms with E-state index in [1.165, 1.54) is 33.4 Å². The van der Waals surface area contributed by atoms with Crippen molar-refractivity contribution in [3.63, 3.8) is 0 Å². The highest BCUT2D eigenvalue weighted by molar-refractivity contribution is 5.56. The summed E-state index contributed by atoms with van der Waals surface area (Å²) in [4.78, 5) is 2.72. The van der Waals surface area contributed by atoms with Crippen molar-refractivity contribution in [3.8, 4) is 0 Å². The molecule has 0 aromatic heterocycles. The molecule has 41 heavy (non-hydrogen) atoms. The zero-order valence-electron chi connectivity index (χ0n) is 23.5. The van der Waals surface area contributed by atoms with Crippen molar-refractivity contribution < 1.29 is 0 Å². The average molecular weight is 530 g/mol. The SMILES string of the molecule is CCN(C(c1ccccc1)(c1ccccc1)c1ccccc1)C(c1ccccc1)(c1ccccc1)c1ccccc1. The lowest BCUT2D eigenvalue weighted by Crippen LogP contribution is -2.59. The summed E-state index contributed by atoms with van der Waals surface area (Å²) < 4.78 is 0. The number of hydrogen-bond donors (Lipinski definition) is 0. The molecule has 0 aliphatic rings. The van der Waals surface area contributed by atoms with Gasteiger partial charge < -0.3 is 0 Å². The fourth-order valence-electron chi connectivity index (χ4n) is 6.74. The molecular formula is C40H35N. The second-order valence-electron chi connectivity index (χ2n) is 10.4. The summed E-state index contributed by atoms with van der Waals surface area (Å²) in [6, 6.07) is 66.1. The highest BCUT2D eigenvalue weighted by atomic mass is 15.3. The van der Waals surface area contributed by atoms with Gasteiger partial charge in [0, 0.05) is 0 Å². The minimum atomic E-state index is -0.625. The first-order valence-electron chi connectivity index (χ1n) is 14.4. The van der Waals surface area contributed by atoms with Gasteiger partial charge in [-0.05, 0) is 39.9 Å². The van der Waals surface area contributed by atoms with Crippen LogP contribution in [0.5, 0.6) is 0 Å². The van der Waals surface area contributed by atoms with Crippen LogP contribution >= 0.6 is 0 Å². The van der Waals surface area contributed by atoms with Crippen LogP contribution in [0, 0.1) is 0 Å². The Morgan fingerprint density at radius 1 is 0.317 bits per heavy atom. The first-order chi connectivity index (χ1) is 20.3. The van der Waals surface area contributed by atoms with Crippen molar-refractivity contribution in [3.05, 3.63) is 215 Å². The van der Waals surface area contributed by atoms with Crippen molar-refractivity contribution >= 4 is 0 Å². The molecule has 200 valence electrons. The molecule has 0 unspecified atom stereocenters. The van der Waals surface area contributed by atoms with Crippen molar-refractivity contribution in [1.29, 1.82) is 0 Å². The molecule has 6 aromatic rings. The molecule has 0 radical (unpaired) electrons. The van der Waals surface area contributed by atoms with Gasteiger partial charge in [-0.2, -0.15) is 0 Å². The Hall–Kier alpha value is -4.72. The van der Waals surface area contributed by atoms with Crippen LogP contribution < -0.4 is 0 Å². The van der Waals surface area contributed by atoms with Gasteiger partial charge in [-0.15, -0.1) is 0 Å². The van der Waals surface area contributed by atoms with Gasteiger partial charge in [-0.3, -0.25) is 4.90 Å². The molecule has 0 bridgehead atoms. The Bertz CT molecular complexity index is 1310. The molecule has 0 atom stereocenters. The second kappa shape index (κ2) is 11.8. The summed E-state index contributed by atoms with van der Waals surface area (Å²) in [5, 5.41) is 0. The van der Waals surface area contributed by atoms with Gasteiger partial charge in [0.15, 0.2) is 0 Å². The van der Waals surface area contributed by atoms with Crippen molar-refractivity contribution in [2.75, 3.05) is 6.54 Å². The van der Waals surface area contributed by atoms with Gasteiger partial charge >= 0.3 is 0 Å². The summed E-state index contributed by atoms with van der Waals surface area (Å²) in [7, 11) is 0. The predicted octanol–water partition coefficient (Wildman–Crippen LogP) is 9.29. The van der Waals surface area contributed by atoms with E-state index in [-0.39, 0.29) is 0 Å². The molecule has 0 N–H and O–H groups in total. The molecule has 1 heteroatoms. The summed E-state index contributed by atoms with van der Waals surface area (Å²) in [5.74, 6) is 0. The standard InChI is InChI=1S/C40H35N/c1-2-41(39(33-21-9-3-10-22-33,34-23-11-4-12-24-34)35-25-13-5-14-26-35)40(36-27-15-6-16-28-36,37-29-17-7-18-30-37)38-31-19-8-20-32-38/h3-32H,2H2,1H3. The van der Waals surface area contributed by atoms with E-state index >= 15 is 0 Å². The lowest BCUT2D eigenvalue weighted by Gasteiger charge is -2.56. The van der Waals surface area contributed by atoms with Gasteiger partial charge in [-0.25, -0.2) is 0 Å². The predicted molar refractivity (Wildman–Crippen MR) is 171 cm³/mol. The maximum absolute atomic E-state index is 2.72. The molecular weight excluding hydrogens is 494 g/mol. The van der Waals surface area contributed by atoms with Gasteiger partial charge in [0.25, 0.3) is 0 Å². The minimum Gasteiger partial charge on any atom is -0.269 e. The van der Waals surface area contributed by atoms with E-state index in [0.717, 1.165) is 6.54 Å². The van der Waals surface area contributed by atoms with E-state index in [0.29, 0.717) is 0 Å². The van der Waals surface area contributed by atoms with Gasteiger partial charge in [0.2, 0.25) is 0 Å². The van der Waals surface area contributed by atoms with E-state index in [1.807, 2.05) is 0 Å². The Kier molecular flexibility index (Phi) is 7.63. The van der Waals surface area contributed by atoms with E-state index in [1.54, 1.807) is 0 Å². The number of benzene rings is 6. The molecule has 0 heterocycles. The zero-order valence-corrected chi connectivity index (χ0v) is 23.5. The molecule has 0 spiro atoms. The third-order valence-corrected chi connectivity index (χ3v) is 8.28. The van der Waals surface area contributed by atoms with Crippen LogP contribution in [-0.4, -0.2) is 11.4 Å². The number of nitrogens with zero attached hydrogens (tertiary/aromatic N) is 1. The van der Waals surface area contributed by atoms with Crippen LogP contribution in [0.25, 0.3) is 0 Å². The van der Waals surface area contributed by atoms with Crippen LogP contribution in [0.2, 0.25) is 0 Å². The third kappa shape index (κ3) is 4.49. The first-order valence-corrected chi connectivity index (χ1v) is 14.4.